The van der Waals surface area contributed by atoms with Crippen LogP contribution < -0.4 is 15.9 Å². The van der Waals surface area contributed by atoms with Crippen molar-refractivity contribution in [3.8, 4) is 0 Å². The van der Waals surface area contributed by atoms with Gasteiger partial charge in [-0.25, -0.2) is 0 Å². The van der Waals surface area contributed by atoms with Gasteiger partial charge in [-0.3, -0.25) is 0 Å². The predicted molar refractivity (Wildman–Crippen MR) is 205 cm³/mol. The van der Waals surface area contributed by atoms with E-state index < -0.39 is 7.92 Å². The predicted octanol–water partition coefficient (Wildman–Crippen LogP) is 11.1. The second-order valence-electron chi connectivity index (χ2n) is 11.7. The minimum Gasteiger partial charge on any atom is -0.0622 e. The Balaban J connectivity index is 1.32. The first kappa shape index (κ1) is 31.0. The van der Waals surface area contributed by atoms with Gasteiger partial charge in [-0.2, -0.15) is 0 Å². The van der Waals surface area contributed by atoms with Crippen molar-refractivity contribution >= 4 is 58.8 Å². The molecule has 0 radical (unpaired) electrons. The molecule has 0 heterocycles. The minimum absolute atomic E-state index is 0.738. The van der Waals surface area contributed by atoms with E-state index in [0.717, 1.165) is 0 Å². The van der Waals surface area contributed by atoms with Gasteiger partial charge in [-0.1, -0.05) is 182 Å². The lowest BCUT2D eigenvalue weighted by atomic mass is 10.0. The Kier molecular flexibility index (Phi) is 9.99. The van der Waals surface area contributed by atoms with Crippen LogP contribution in [-0.2, 0) is 0 Å². The van der Waals surface area contributed by atoms with E-state index in [1.807, 2.05) is 0 Å². The van der Waals surface area contributed by atoms with Crippen molar-refractivity contribution in [2.24, 2.45) is 0 Å². The van der Waals surface area contributed by atoms with Crippen molar-refractivity contribution < 1.29 is 0 Å². The third-order valence-corrected chi connectivity index (χ3v) is 10.7. The van der Waals surface area contributed by atoms with Gasteiger partial charge in [0, 0.05) is 0 Å². The number of benzene rings is 6. The molecule has 1 heteroatoms. The van der Waals surface area contributed by atoms with E-state index in [9.17, 15) is 0 Å². The summed E-state index contributed by atoms with van der Waals surface area (Å²) in [6.45, 7) is 6.55. The first-order valence-electron chi connectivity index (χ1n) is 15.8. The van der Waals surface area contributed by atoms with E-state index in [2.05, 4.69) is 203 Å². The molecule has 0 saturated carbocycles. The SMILES string of the molecule is C/C(=C\c1ccc(P(c2ccc(/C=C(\C)c3ccccc3)cc2)c2ccc(/C=C(\C)c3ccccc3)cc2)cc1)c1ccccc1. The second kappa shape index (κ2) is 14.8. The van der Waals surface area contributed by atoms with Crippen LogP contribution in [0.4, 0.5) is 0 Å². The Labute approximate surface area is 275 Å². The minimum atomic E-state index is -0.738. The summed E-state index contributed by atoms with van der Waals surface area (Å²) in [5, 5.41) is 4.03. The third-order valence-electron chi connectivity index (χ3n) is 8.29. The number of hydrogen-bond donors (Lipinski definition) is 0. The summed E-state index contributed by atoms with van der Waals surface area (Å²) < 4.78 is 0. The van der Waals surface area contributed by atoms with E-state index in [1.54, 1.807) is 0 Å². The molecule has 0 atom stereocenters. The summed E-state index contributed by atoms with van der Waals surface area (Å²) in [6.07, 6.45) is 6.81. The van der Waals surface area contributed by atoms with Gasteiger partial charge < -0.3 is 0 Å². The van der Waals surface area contributed by atoms with Crippen LogP contribution in [0, 0.1) is 0 Å². The summed E-state index contributed by atoms with van der Waals surface area (Å²) in [7, 11) is -0.738. The Morgan fingerprint density at radius 3 is 0.804 bits per heavy atom. The second-order valence-corrected chi connectivity index (χ2v) is 13.9. The zero-order valence-corrected chi connectivity index (χ0v) is 27.7. The molecule has 6 rings (SSSR count). The molecule has 0 unspecified atom stereocenters. The van der Waals surface area contributed by atoms with Crippen LogP contribution in [0.2, 0.25) is 0 Å². The lowest BCUT2D eigenvalue weighted by molar-refractivity contribution is 1.57. The van der Waals surface area contributed by atoms with Crippen LogP contribution in [0.25, 0.3) is 34.9 Å². The van der Waals surface area contributed by atoms with E-state index in [-0.39, 0.29) is 0 Å². The molecular formula is C45H39P. The van der Waals surface area contributed by atoms with Gasteiger partial charge in [0.05, 0.1) is 0 Å². The van der Waals surface area contributed by atoms with Crippen molar-refractivity contribution in [1.29, 1.82) is 0 Å². The fraction of sp³-hybridized carbons (Fsp3) is 0.0667. The van der Waals surface area contributed by atoms with Gasteiger partial charge in [-0.15, -0.1) is 0 Å². The Morgan fingerprint density at radius 1 is 0.326 bits per heavy atom. The fourth-order valence-corrected chi connectivity index (χ4v) is 7.95. The van der Waals surface area contributed by atoms with Crippen LogP contribution in [-0.4, -0.2) is 0 Å². The van der Waals surface area contributed by atoms with Crippen LogP contribution >= 0.6 is 7.92 Å². The zero-order chi connectivity index (χ0) is 31.7. The number of rotatable bonds is 9. The molecule has 0 nitrogen and oxygen atoms in total. The molecule has 46 heavy (non-hydrogen) atoms. The van der Waals surface area contributed by atoms with Crippen molar-refractivity contribution in [2.45, 2.75) is 20.8 Å². The topological polar surface area (TPSA) is 0 Å². The first-order chi connectivity index (χ1) is 22.5. The Bertz CT molecular complexity index is 1710. The average Bonchev–Trinajstić information content (AvgIpc) is 3.11. The van der Waals surface area contributed by atoms with Crippen LogP contribution in [0.15, 0.2) is 164 Å². The summed E-state index contributed by atoms with van der Waals surface area (Å²) in [5.41, 5.74) is 11.2. The molecule has 0 aliphatic rings. The van der Waals surface area contributed by atoms with Crippen LogP contribution in [0.5, 0.6) is 0 Å². The maximum atomic E-state index is 2.32. The van der Waals surface area contributed by atoms with Crippen LogP contribution in [0.3, 0.4) is 0 Å². The van der Waals surface area contributed by atoms with Crippen molar-refractivity contribution in [2.75, 3.05) is 0 Å². The largest absolute Gasteiger partial charge is 0.0622 e. The van der Waals surface area contributed by atoms with Gasteiger partial charge in [0.15, 0.2) is 0 Å². The standard InChI is InChI=1S/C45H39P/c1-34(40-13-7-4-8-14-40)31-37-19-25-43(26-20-37)46(44-27-21-38(22-28-44)32-35(2)41-15-9-5-10-16-41)45-29-23-39(24-30-45)33-36(3)42-17-11-6-12-18-42/h4-33H,1-3H3/b34-31+,35-32+,36-33+. The van der Waals surface area contributed by atoms with E-state index in [0.29, 0.717) is 0 Å². The number of hydrogen-bond acceptors (Lipinski definition) is 0. The molecule has 0 saturated heterocycles. The van der Waals surface area contributed by atoms with Crippen molar-refractivity contribution in [3.05, 3.63) is 197 Å². The summed E-state index contributed by atoms with van der Waals surface area (Å²) in [5.74, 6) is 0. The highest BCUT2D eigenvalue weighted by Gasteiger charge is 2.17. The summed E-state index contributed by atoms with van der Waals surface area (Å²) >= 11 is 0. The summed E-state index contributed by atoms with van der Waals surface area (Å²) in [4.78, 5) is 0. The highest BCUT2D eigenvalue weighted by molar-refractivity contribution is 7.79. The zero-order valence-electron chi connectivity index (χ0n) is 26.8. The smallest absolute Gasteiger partial charge is 0.0134 e. The fourth-order valence-electron chi connectivity index (χ4n) is 5.71. The molecule has 0 fully saturated rings. The average molecular weight is 611 g/mol. The first-order valence-corrected chi connectivity index (χ1v) is 17.2. The molecule has 0 N–H and O–H groups in total. The molecule has 224 valence electrons. The molecule has 0 bridgehead atoms. The monoisotopic (exact) mass is 610 g/mol. The molecule has 0 amide bonds. The maximum Gasteiger partial charge on any atom is -0.0134 e. The van der Waals surface area contributed by atoms with Gasteiger partial charge in [0.25, 0.3) is 0 Å². The van der Waals surface area contributed by atoms with E-state index in [4.69, 9.17) is 0 Å². The van der Waals surface area contributed by atoms with Crippen molar-refractivity contribution in [3.63, 3.8) is 0 Å². The van der Waals surface area contributed by atoms with E-state index in [1.165, 1.54) is 66.0 Å². The van der Waals surface area contributed by atoms with Crippen molar-refractivity contribution in [1.82, 2.24) is 0 Å². The molecule has 0 aliphatic heterocycles. The third kappa shape index (κ3) is 7.78. The normalized spacial score (nSPS) is 12.4. The van der Waals surface area contributed by atoms with Gasteiger partial charge in [-0.05, 0) is 94.7 Å². The molecular weight excluding hydrogens is 571 g/mol. The van der Waals surface area contributed by atoms with Crippen LogP contribution in [0.1, 0.15) is 54.2 Å². The number of allylic oxidation sites excluding steroid dienone is 3. The lowest BCUT2D eigenvalue weighted by Gasteiger charge is -2.20. The van der Waals surface area contributed by atoms with E-state index >= 15 is 0 Å². The Hall–Kier alpha value is -5.03. The molecule has 0 aromatic heterocycles. The maximum absolute atomic E-state index is 2.32. The Morgan fingerprint density at radius 2 is 0.565 bits per heavy atom. The van der Waals surface area contributed by atoms with Gasteiger partial charge >= 0.3 is 0 Å². The molecule has 0 spiro atoms. The van der Waals surface area contributed by atoms with Gasteiger partial charge in [0.2, 0.25) is 0 Å². The lowest BCUT2D eigenvalue weighted by Crippen LogP contribution is -2.20. The quantitative estimate of drug-likeness (QED) is 0.113. The van der Waals surface area contributed by atoms with Gasteiger partial charge in [0.1, 0.15) is 0 Å². The molecule has 6 aromatic carbocycles. The molecule has 6 aromatic rings. The highest BCUT2D eigenvalue weighted by Crippen LogP contribution is 2.34. The highest BCUT2D eigenvalue weighted by atomic mass is 31.1. The summed E-state index contributed by atoms with van der Waals surface area (Å²) in [6, 6.07) is 59.2. The molecule has 0 aliphatic carbocycles.